The number of halogens is 3. The van der Waals surface area contributed by atoms with Gasteiger partial charge in [0.1, 0.15) is 55.0 Å². The minimum atomic E-state index is -2.31. The summed E-state index contributed by atoms with van der Waals surface area (Å²) in [7, 11) is -0.808. The van der Waals surface area contributed by atoms with E-state index in [4.69, 9.17) is 28.9 Å². The van der Waals surface area contributed by atoms with Crippen LogP contribution in [-0.2, 0) is 9.47 Å². The third kappa shape index (κ3) is 7.88. The molecule has 0 saturated carbocycles. The molecule has 312 valence electrons. The molecule has 14 heteroatoms. The summed E-state index contributed by atoms with van der Waals surface area (Å²) in [6, 6.07) is 6.32. The van der Waals surface area contributed by atoms with Gasteiger partial charge in [0.15, 0.2) is 12.6 Å². The number of pyridine rings is 1. The Labute approximate surface area is 340 Å². The summed E-state index contributed by atoms with van der Waals surface area (Å²) in [5.74, 6) is 2.69. The maximum absolute atomic E-state index is 17.6. The van der Waals surface area contributed by atoms with Crippen LogP contribution < -0.4 is 14.4 Å². The maximum atomic E-state index is 17.6. The molecule has 2 aromatic carbocycles. The molecule has 5 heterocycles. The average molecular weight is 820 g/mol. The minimum Gasteiger partial charge on any atom is -0.468 e. The second-order valence-corrected chi connectivity index (χ2v) is 23.1. The van der Waals surface area contributed by atoms with Gasteiger partial charge in [0.05, 0.1) is 36.2 Å². The fraction of sp³-hybridized carbons (Fsp3) is 0.568. The van der Waals surface area contributed by atoms with Gasteiger partial charge in [0.2, 0.25) is 0 Å². The van der Waals surface area contributed by atoms with E-state index in [2.05, 4.69) is 62.9 Å². The van der Waals surface area contributed by atoms with Crippen molar-refractivity contribution in [3.63, 3.8) is 0 Å². The minimum absolute atomic E-state index is 0.0690. The van der Waals surface area contributed by atoms with Gasteiger partial charge in [-0.05, 0) is 66.5 Å². The van der Waals surface area contributed by atoms with E-state index in [-0.39, 0.29) is 54.9 Å². The lowest BCUT2D eigenvalue weighted by molar-refractivity contribution is -0.0123. The summed E-state index contributed by atoms with van der Waals surface area (Å²) in [5.41, 5.74) is 3.11. The quantitative estimate of drug-likeness (QED) is 0.0906. The summed E-state index contributed by atoms with van der Waals surface area (Å²) in [6.45, 7) is 17.0. The molecule has 1 N–H and O–H groups in total. The molecule has 7 rings (SSSR count). The van der Waals surface area contributed by atoms with E-state index in [0.717, 1.165) is 19.4 Å². The lowest BCUT2D eigenvalue weighted by Crippen LogP contribution is -2.44. The number of ether oxygens (including phenoxy) is 4. The molecule has 3 aliphatic heterocycles. The molecule has 10 nitrogen and oxygen atoms in total. The largest absolute Gasteiger partial charge is 0.468 e. The van der Waals surface area contributed by atoms with Crippen molar-refractivity contribution >= 4 is 35.6 Å². The Bertz CT molecular complexity index is 2210. The molecule has 0 aliphatic carbocycles. The predicted octanol–water partition coefficient (Wildman–Crippen LogP) is 8.22. The number of fused-ring (bicyclic) bond motifs is 3. The number of aliphatic hydroxyl groups is 1. The van der Waals surface area contributed by atoms with E-state index in [9.17, 15) is 9.50 Å². The summed E-state index contributed by atoms with van der Waals surface area (Å²) < 4.78 is 71.6. The molecule has 58 heavy (non-hydrogen) atoms. The summed E-state index contributed by atoms with van der Waals surface area (Å²) in [5, 5.41) is 12.4. The van der Waals surface area contributed by atoms with E-state index in [1.54, 1.807) is 25.1 Å². The van der Waals surface area contributed by atoms with Crippen molar-refractivity contribution in [1.82, 2.24) is 19.9 Å². The molecule has 2 aromatic heterocycles. The number of nitrogens with zero attached hydrogens (tertiary/aromatic N) is 5. The zero-order valence-corrected chi connectivity index (χ0v) is 35.9. The summed E-state index contributed by atoms with van der Waals surface area (Å²) >= 11 is 0. The van der Waals surface area contributed by atoms with Crippen LogP contribution in [0.15, 0.2) is 30.5 Å². The molecule has 3 saturated heterocycles. The van der Waals surface area contributed by atoms with Crippen LogP contribution >= 0.6 is 0 Å². The summed E-state index contributed by atoms with van der Waals surface area (Å²) in [4.78, 5) is 18.1. The van der Waals surface area contributed by atoms with Gasteiger partial charge in [-0.15, -0.1) is 5.54 Å². The molecule has 3 atom stereocenters. The molecule has 3 fully saturated rings. The monoisotopic (exact) mass is 819 g/mol. The van der Waals surface area contributed by atoms with Gasteiger partial charge in [-0.3, -0.25) is 9.88 Å². The predicted molar refractivity (Wildman–Crippen MR) is 223 cm³/mol. The Hall–Kier alpha value is -4.00. The molecular formula is C44H56F3N5O5Si. The van der Waals surface area contributed by atoms with Gasteiger partial charge in [-0.2, -0.15) is 9.97 Å². The van der Waals surface area contributed by atoms with Gasteiger partial charge in [0.25, 0.3) is 0 Å². The van der Waals surface area contributed by atoms with Crippen molar-refractivity contribution < 1.29 is 37.2 Å². The molecule has 0 amide bonds. The van der Waals surface area contributed by atoms with Gasteiger partial charge >= 0.3 is 6.01 Å². The van der Waals surface area contributed by atoms with Crippen LogP contribution in [0.5, 0.6) is 11.8 Å². The van der Waals surface area contributed by atoms with Crippen molar-refractivity contribution in [2.24, 2.45) is 0 Å². The maximum Gasteiger partial charge on any atom is 0.319 e. The molecule has 4 aromatic rings. The molecule has 1 unspecified atom stereocenters. The first kappa shape index (κ1) is 42.1. The highest BCUT2D eigenvalue weighted by Gasteiger charge is 2.49. The topological polar surface area (TPSA) is 102 Å². The Morgan fingerprint density at radius 1 is 1.05 bits per heavy atom. The number of alkyl halides is 1. The number of methoxy groups -OCH3 is 1. The second kappa shape index (κ2) is 16.6. The Morgan fingerprint density at radius 2 is 1.81 bits per heavy atom. The summed E-state index contributed by atoms with van der Waals surface area (Å²) in [6.07, 6.45) is 2.58. The normalized spacial score (nSPS) is 22.9. The van der Waals surface area contributed by atoms with Gasteiger partial charge in [0, 0.05) is 43.8 Å². The number of hydrogen-bond donors (Lipinski definition) is 1. The number of hydrogen-bond acceptors (Lipinski definition) is 10. The van der Waals surface area contributed by atoms with Crippen LogP contribution in [0.1, 0.15) is 73.3 Å². The van der Waals surface area contributed by atoms with Gasteiger partial charge < -0.3 is 29.0 Å². The first-order valence-corrected chi connectivity index (χ1v) is 22.7. The second-order valence-electron chi connectivity index (χ2n) is 17.5. The van der Waals surface area contributed by atoms with Gasteiger partial charge in [-0.25, -0.2) is 13.2 Å². The SMILES string of the molecule is COCOc1cc(-c2ncc3c(N4CCOCC(C)(O)C4)nc(OC[C@@]45CCCN4C[C@H](F)C5)nc3c2F)c2c(C#C[Si](C(C)C)(C(C)C)C(C)C)c(F)ccc2c1. The molecule has 0 spiro atoms. The highest BCUT2D eigenvalue weighted by molar-refractivity contribution is 6.90. The van der Waals surface area contributed by atoms with Crippen LogP contribution in [0.25, 0.3) is 32.9 Å². The molecule has 0 bridgehead atoms. The number of anilines is 1. The number of rotatable bonds is 11. The third-order valence-corrected chi connectivity index (χ3v) is 18.8. The van der Waals surface area contributed by atoms with Crippen LogP contribution in [0.3, 0.4) is 0 Å². The number of benzene rings is 2. The Balaban J connectivity index is 1.44. The van der Waals surface area contributed by atoms with Crippen molar-refractivity contribution in [1.29, 1.82) is 0 Å². The van der Waals surface area contributed by atoms with Crippen LogP contribution in [0.4, 0.5) is 19.0 Å². The zero-order valence-electron chi connectivity index (χ0n) is 34.9. The zero-order chi connectivity index (χ0) is 41.6. The van der Waals surface area contributed by atoms with Crippen LogP contribution in [0.2, 0.25) is 16.6 Å². The van der Waals surface area contributed by atoms with E-state index in [0.29, 0.717) is 70.5 Å². The number of β-amino-alcohol motifs (C(OH)–C–C–N with tert-alkyl or cyclic N) is 1. The van der Waals surface area contributed by atoms with Crippen LogP contribution in [0, 0.1) is 23.1 Å². The van der Waals surface area contributed by atoms with E-state index < -0.39 is 37.0 Å². The Kier molecular flexibility index (Phi) is 12.0. The average Bonchev–Trinajstić information content (AvgIpc) is 3.63. The smallest absolute Gasteiger partial charge is 0.319 e. The van der Waals surface area contributed by atoms with Crippen molar-refractivity contribution in [2.75, 3.05) is 64.8 Å². The molecular weight excluding hydrogens is 764 g/mol. The number of aromatic nitrogens is 3. The van der Waals surface area contributed by atoms with Gasteiger partial charge in [-0.1, -0.05) is 53.5 Å². The lowest BCUT2D eigenvalue weighted by atomic mass is 9.95. The van der Waals surface area contributed by atoms with Crippen molar-refractivity contribution in [3.05, 3.63) is 47.7 Å². The highest BCUT2D eigenvalue weighted by Crippen LogP contribution is 2.44. The fourth-order valence-electron chi connectivity index (χ4n) is 9.88. The first-order valence-electron chi connectivity index (χ1n) is 20.4. The van der Waals surface area contributed by atoms with Crippen LogP contribution in [-0.4, -0.2) is 110 Å². The fourth-order valence-corrected chi connectivity index (χ4v) is 15.1. The first-order chi connectivity index (χ1) is 27.6. The van der Waals surface area contributed by atoms with Crippen molar-refractivity contribution in [3.8, 4) is 34.5 Å². The molecule has 3 aliphatic rings. The highest BCUT2D eigenvalue weighted by atomic mass is 28.3. The standard InChI is InChI=1S/C44H56F3N5O5Si/c1-27(2)58(28(3)4,29(5)6)17-12-33-36(46)11-10-30-18-32(57-26-54-8)19-34(37(30)33)39-38(47)40-35(21-48-39)41(51-15-16-55-24-43(7,53)23-51)50-42(49-40)56-25-44-13-9-14-52(44)22-31(45)20-44/h10-11,18-19,21,27-29,31,53H,9,13-16,20,22-26H2,1-8H3/t31-,43?,44+/m1/s1. The molecule has 0 radical (unpaired) electrons. The van der Waals surface area contributed by atoms with Crippen molar-refractivity contribution in [2.45, 2.75) is 102 Å². The van der Waals surface area contributed by atoms with E-state index in [1.807, 2.05) is 4.90 Å². The van der Waals surface area contributed by atoms with E-state index >= 15 is 8.78 Å². The Morgan fingerprint density at radius 3 is 2.53 bits per heavy atom. The third-order valence-electron chi connectivity index (χ3n) is 12.5. The lowest BCUT2D eigenvalue weighted by Gasteiger charge is -2.38. The van der Waals surface area contributed by atoms with E-state index in [1.165, 1.54) is 19.4 Å².